The minimum Gasteiger partial charge on any atom is -0.480 e. The van der Waals surface area contributed by atoms with E-state index in [0.717, 1.165) is 17.8 Å². The third-order valence-corrected chi connectivity index (χ3v) is 2.92. The summed E-state index contributed by atoms with van der Waals surface area (Å²) in [6.07, 6.45) is 1.52. The first kappa shape index (κ1) is 14.7. The van der Waals surface area contributed by atoms with Crippen LogP contribution in [0.3, 0.4) is 0 Å². The van der Waals surface area contributed by atoms with Crippen molar-refractivity contribution in [3.05, 3.63) is 17.5 Å². The Morgan fingerprint density at radius 2 is 2.22 bits per heavy atom. The zero-order valence-corrected chi connectivity index (χ0v) is 11.6. The van der Waals surface area contributed by atoms with Gasteiger partial charge in [-0.25, -0.2) is 0 Å². The summed E-state index contributed by atoms with van der Waals surface area (Å²) in [5.74, 6) is -0.432. The van der Waals surface area contributed by atoms with Gasteiger partial charge in [0.15, 0.2) is 0 Å². The second kappa shape index (κ2) is 6.54. The molecule has 18 heavy (non-hydrogen) atoms. The Morgan fingerprint density at radius 3 is 2.67 bits per heavy atom. The fourth-order valence-corrected chi connectivity index (χ4v) is 1.88. The van der Waals surface area contributed by atoms with Crippen molar-refractivity contribution in [1.29, 1.82) is 0 Å². The molecule has 102 valence electrons. The average molecular weight is 253 g/mol. The van der Waals surface area contributed by atoms with E-state index in [4.69, 9.17) is 5.11 Å². The Labute approximate surface area is 108 Å². The van der Waals surface area contributed by atoms with Crippen LogP contribution in [0.4, 0.5) is 0 Å². The molecule has 0 aromatic carbocycles. The number of nitrogens with zero attached hydrogens (tertiary/aromatic N) is 2. The molecule has 0 amide bonds. The number of aliphatic carboxylic acids is 1. The monoisotopic (exact) mass is 253 g/mol. The van der Waals surface area contributed by atoms with Crippen LogP contribution in [0.2, 0.25) is 0 Å². The van der Waals surface area contributed by atoms with E-state index in [-0.39, 0.29) is 0 Å². The van der Waals surface area contributed by atoms with Gasteiger partial charge in [-0.15, -0.1) is 0 Å². The molecule has 0 aliphatic rings. The lowest BCUT2D eigenvalue weighted by molar-refractivity contribution is -0.140. The summed E-state index contributed by atoms with van der Waals surface area (Å²) in [5, 5.41) is 16.6. The molecule has 2 N–H and O–H groups in total. The number of carbonyl (C=O) groups is 1. The Bertz CT molecular complexity index is 399. The van der Waals surface area contributed by atoms with E-state index in [0.29, 0.717) is 18.9 Å². The molecule has 1 aromatic heterocycles. The predicted molar refractivity (Wildman–Crippen MR) is 70.3 cm³/mol. The molecule has 5 nitrogen and oxygen atoms in total. The predicted octanol–water partition coefficient (Wildman–Crippen LogP) is 1.57. The quantitative estimate of drug-likeness (QED) is 0.774. The van der Waals surface area contributed by atoms with Crippen LogP contribution in [0.15, 0.2) is 6.07 Å². The van der Waals surface area contributed by atoms with E-state index in [1.807, 2.05) is 27.0 Å². The van der Waals surface area contributed by atoms with Crippen molar-refractivity contribution in [2.45, 2.75) is 46.2 Å². The first-order valence-electron chi connectivity index (χ1n) is 6.42. The van der Waals surface area contributed by atoms with E-state index < -0.39 is 12.0 Å². The van der Waals surface area contributed by atoms with Crippen LogP contribution >= 0.6 is 0 Å². The number of hydrogen-bond acceptors (Lipinski definition) is 3. The standard InChI is InChI=1S/C13H23N3O2/c1-5-10-7-11(16(4)15-10)8-14-12(13(17)18)6-9(2)3/h7,9,12,14H,5-6,8H2,1-4H3,(H,17,18). The molecule has 0 fully saturated rings. The van der Waals surface area contributed by atoms with Crippen LogP contribution in [0.5, 0.6) is 0 Å². The molecule has 1 unspecified atom stereocenters. The van der Waals surface area contributed by atoms with Crippen LogP contribution in [-0.4, -0.2) is 26.9 Å². The van der Waals surface area contributed by atoms with Gasteiger partial charge in [0.1, 0.15) is 6.04 Å². The van der Waals surface area contributed by atoms with E-state index in [1.54, 1.807) is 4.68 Å². The van der Waals surface area contributed by atoms with Crippen molar-refractivity contribution < 1.29 is 9.90 Å². The van der Waals surface area contributed by atoms with Crippen molar-refractivity contribution in [3.63, 3.8) is 0 Å². The maximum absolute atomic E-state index is 11.1. The third-order valence-electron chi connectivity index (χ3n) is 2.92. The van der Waals surface area contributed by atoms with E-state index >= 15 is 0 Å². The molecule has 0 aliphatic carbocycles. The van der Waals surface area contributed by atoms with Gasteiger partial charge >= 0.3 is 5.97 Å². The summed E-state index contributed by atoms with van der Waals surface area (Å²) in [6, 6.07) is 1.52. The molecule has 0 saturated carbocycles. The second-order valence-corrected chi connectivity index (χ2v) is 5.01. The van der Waals surface area contributed by atoms with E-state index in [9.17, 15) is 4.79 Å². The maximum atomic E-state index is 11.1. The first-order chi connectivity index (χ1) is 8.43. The molecule has 1 aromatic rings. The number of hydrogen-bond donors (Lipinski definition) is 2. The molecule has 0 radical (unpaired) electrons. The minimum absolute atomic E-state index is 0.358. The van der Waals surface area contributed by atoms with Crippen molar-refractivity contribution in [1.82, 2.24) is 15.1 Å². The van der Waals surface area contributed by atoms with Gasteiger partial charge in [-0.1, -0.05) is 20.8 Å². The normalized spacial score (nSPS) is 12.9. The van der Waals surface area contributed by atoms with Crippen molar-refractivity contribution in [2.24, 2.45) is 13.0 Å². The van der Waals surface area contributed by atoms with E-state index in [1.165, 1.54) is 0 Å². The zero-order chi connectivity index (χ0) is 13.7. The summed E-state index contributed by atoms with van der Waals surface area (Å²) in [6.45, 7) is 6.64. The fourth-order valence-electron chi connectivity index (χ4n) is 1.88. The lowest BCUT2D eigenvalue weighted by Crippen LogP contribution is -2.37. The first-order valence-corrected chi connectivity index (χ1v) is 6.42. The number of carboxylic acids is 1. The van der Waals surface area contributed by atoms with Crippen LogP contribution < -0.4 is 5.32 Å². The molecule has 0 spiro atoms. The minimum atomic E-state index is -0.790. The van der Waals surface area contributed by atoms with Crippen LogP contribution in [-0.2, 0) is 24.8 Å². The Hall–Kier alpha value is -1.36. The molecular formula is C13H23N3O2. The average Bonchev–Trinajstić information content (AvgIpc) is 2.64. The van der Waals surface area contributed by atoms with Crippen molar-refractivity contribution in [2.75, 3.05) is 0 Å². The summed E-state index contributed by atoms with van der Waals surface area (Å²) in [4.78, 5) is 11.1. The number of aromatic nitrogens is 2. The lowest BCUT2D eigenvalue weighted by Gasteiger charge is -2.16. The molecule has 1 heterocycles. The van der Waals surface area contributed by atoms with Crippen LogP contribution in [0, 0.1) is 5.92 Å². The fraction of sp³-hybridized carbons (Fsp3) is 0.692. The van der Waals surface area contributed by atoms with Crippen LogP contribution in [0.1, 0.15) is 38.6 Å². The molecule has 0 aliphatic heterocycles. The Morgan fingerprint density at radius 1 is 1.56 bits per heavy atom. The summed E-state index contributed by atoms with van der Waals surface area (Å²) < 4.78 is 1.81. The molecule has 1 atom stereocenters. The summed E-state index contributed by atoms with van der Waals surface area (Å²) >= 11 is 0. The molecule has 0 bridgehead atoms. The zero-order valence-electron chi connectivity index (χ0n) is 11.6. The van der Waals surface area contributed by atoms with Gasteiger partial charge in [-0.3, -0.25) is 14.8 Å². The molecule has 1 rings (SSSR count). The lowest BCUT2D eigenvalue weighted by atomic mass is 10.0. The van der Waals surface area contributed by atoms with Crippen molar-refractivity contribution in [3.8, 4) is 0 Å². The molecule has 0 saturated heterocycles. The van der Waals surface area contributed by atoms with Gasteiger partial charge in [0.05, 0.1) is 11.4 Å². The largest absolute Gasteiger partial charge is 0.480 e. The highest BCUT2D eigenvalue weighted by Crippen LogP contribution is 2.08. The second-order valence-electron chi connectivity index (χ2n) is 5.01. The topological polar surface area (TPSA) is 67.2 Å². The number of aryl methyl sites for hydroxylation is 2. The highest BCUT2D eigenvalue weighted by atomic mass is 16.4. The smallest absolute Gasteiger partial charge is 0.320 e. The maximum Gasteiger partial charge on any atom is 0.320 e. The van der Waals surface area contributed by atoms with E-state index in [2.05, 4.69) is 17.3 Å². The van der Waals surface area contributed by atoms with Gasteiger partial charge < -0.3 is 5.11 Å². The highest BCUT2D eigenvalue weighted by Gasteiger charge is 2.18. The third kappa shape index (κ3) is 4.14. The van der Waals surface area contributed by atoms with Crippen LogP contribution in [0.25, 0.3) is 0 Å². The molecule has 5 heteroatoms. The van der Waals surface area contributed by atoms with Crippen molar-refractivity contribution >= 4 is 5.97 Å². The van der Waals surface area contributed by atoms with Gasteiger partial charge in [0.2, 0.25) is 0 Å². The van der Waals surface area contributed by atoms with Gasteiger partial charge in [0, 0.05) is 13.6 Å². The number of nitrogens with one attached hydrogen (secondary N) is 1. The Kier molecular flexibility index (Phi) is 5.34. The SMILES string of the molecule is CCc1cc(CNC(CC(C)C)C(=O)O)n(C)n1. The summed E-state index contributed by atoms with van der Waals surface area (Å²) in [5.41, 5.74) is 2.05. The van der Waals surface area contributed by atoms with Gasteiger partial charge in [-0.2, -0.15) is 5.10 Å². The Balaban J connectivity index is 2.60. The van der Waals surface area contributed by atoms with Gasteiger partial charge in [0.25, 0.3) is 0 Å². The highest BCUT2D eigenvalue weighted by molar-refractivity contribution is 5.73. The summed E-state index contributed by atoms with van der Waals surface area (Å²) in [7, 11) is 1.88. The number of carboxylic acid groups (broad SMARTS) is 1. The van der Waals surface area contributed by atoms with Gasteiger partial charge in [-0.05, 0) is 24.8 Å². The molecular weight excluding hydrogens is 230 g/mol. The number of rotatable bonds is 7.